The molecule has 5 nitrogen and oxygen atoms in total. The van der Waals surface area contributed by atoms with Crippen molar-refractivity contribution in [1.82, 2.24) is 10.2 Å². The number of benzene rings is 1. The second-order valence-electron chi connectivity index (χ2n) is 5.94. The molecule has 25 heavy (non-hydrogen) atoms. The van der Waals surface area contributed by atoms with Crippen LogP contribution >= 0.6 is 24.2 Å². The molecule has 0 spiro atoms. The third kappa shape index (κ3) is 6.17. The molecule has 0 bridgehead atoms. The van der Waals surface area contributed by atoms with E-state index in [1.165, 1.54) is 12.1 Å². The lowest BCUT2D eigenvalue weighted by molar-refractivity contribution is -0.123. The second kappa shape index (κ2) is 10.6. The van der Waals surface area contributed by atoms with Crippen LogP contribution in [0.25, 0.3) is 0 Å². The highest BCUT2D eigenvalue weighted by Gasteiger charge is 2.26. The number of piperidine rings is 1. The first kappa shape index (κ1) is 21.7. The number of carbonyl (C=O) groups is 2. The molecule has 8 heteroatoms. The average Bonchev–Trinajstić information content (AvgIpc) is 2.60. The first-order chi connectivity index (χ1) is 11.5. The lowest BCUT2D eigenvalue weighted by Crippen LogP contribution is -2.50. The van der Waals surface area contributed by atoms with E-state index < -0.39 is 11.9 Å². The van der Waals surface area contributed by atoms with E-state index in [-0.39, 0.29) is 35.8 Å². The van der Waals surface area contributed by atoms with Crippen LogP contribution in [0.4, 0.5) is 4.39 Å². The molecule has 2 rings (SSSR count). The van der Waals surface area contributed by atoms with Gasteiger partial charge in [-0.1, -0.05) is 12.1 Å². The van der Waals surface area contributed by atoms with Gasteiger partial charge in [0.2, 0.25) is 5.91 Å². The number of hydrogen-bond acceptors (Lipinski definition) is 4. The maximum atomic E-state index is 13.7. The van der Waals surface area contributed by atoms with E-state index >= 15 is 0 Å². The smallest absolute Gasteiger partial charge is 0.256 e. The van der Waals surface area contributed by atoms with Crippen molar-refractivity contribution in [2.24, 2.45) is 5.73 Å². The Morgan fingerprint density at radius 1 is 1.36 bits per heavy atom. The van der Waals surface area contributed by atoms with E-state index in [0.717, 1.165) is 5.75 Å². The number of thioether (sulfide) groups is 1. The van der Waals surface area contributed by atoms with Gasteiger partial charge in [0, 0.05) is 19.1 Å². The molecular formula is C17H25ClFN3O2S. The highest BCUT2D eigenvalue weighted by atomic mass is 35.5. The molecule has 0 radical (unpaired) electrons. The molecule has 1 aromatic rings. The Hall–Kier alpha value is -1.31. The Morgan fingerprint density at radius 3 is 2.60 bits per heavy atom. The summed E-state index contributed by atoms with van der Waals surface area (Å²) < 4.78 is 13.7. The first-order valence-corrected chi connectivity index (χ1v) is 9.51. The monoisotopic (exact) mass is 389 g/mol. The van der Waals surface area contributed by atoms with E-state index in [1.807, 2.05) is 6.26 Å². The van der Waals surface area contributed by atoms with Crippen LogP contribution in [0.5, 0.6) is 0 Å². The molecular weight excluding hydrogens is 365 g/mol. The Labute approximate surface area is 158 Å². The summed E-state index contributed by atoms with van der Waals surface area (Å²) in [6, 6.07) is 5.53. The number of hydrogen-bond donors (Lipinski definition) is 2. The number of nitrogens with one attached hydrogen (secondary N) is 1. The molecule has 2 amide bonds. The lowest BCUT2D eigenvalue weighted by Gasteiger charge is -2.33. The van der Waals surface area contributed by atoms with Gasteiger partial charge in [0.1, 0.15) is 5.82 Å². The van der Waals surface area contributed by atoms with Crippen molar-refractivity contribution < 1.29 is 14.0 Å². The van der Waals surface area contributed by atoms with E-state index in [4.69, 9.17) is 5.73 Å². The number of carbonyl (C=O) groups excluding carboxylic acids is 2. The third-order valence-corrected chi connectivity index (χ3v) is 4.85. The van der Waals surface area contributed by atoms with Gasteiger partial charge in [-0.2, -0.15) is 11.8 Å². The summed E-state index contributed by atoms with van der Waals surface area (Å²) in [4.78, 5) is 26.0. The van der Waals surface area contributed by atoms with Crippen molar-refractivity contribution >= 4 is 36.0 Å². The van der Waals surface area contributed by atoms with Gasteiger partial charge in [0.05, 0.1) is 11.6 Å². The summed E-state index contributed by atoms with van der Waals surface area (Å²) in [5, 5.41) is 2.95. The molecule has 1 aliphatic rings. The van der Waals surface area contributed by atoms with Crippen LogP contribution < -0.4 is 11.1 Å². The van der Waals surface area contributed by atoms with Gasteiger partial charge >= 0.3 is 0 Å². The van der Waals surface area contributed by atoms with Crippen LogP contribution in [0, 0.1) is 5.82 Å². The van der Waals surface area contributed by atoms with Crippen LogP contribution in [0.2, 0.25) is 0 Å². The molecule has 3 N–H and O–H groups in total. The number of rotatable bonds is 6. The van der Waals surface area contributed by atoms with E-state index in [0.29, 0.717) is 32.4 Å². The largest absolute Gasteiger partial charge is 0.352 e. The summed E-state index contributed by atoms with van der Waals surface area (Å²) in [6.07, 6.45) is 3.94. The fraction of sp³-hybridized carbons (Fsp3) is 0.529. The molecule has 1 saturated heterocycles. The van der Waals surface area contributed by atoms with Crippen molar-refractivity contribution in [2.75, 3.05) is 25.1 Å². The normalized spacial score (nSPS) is 16.0. The maximum absolute atomic E-state index is 13.7. The van der Waals surface area contributed by atoms with Crippen molar-refractivity contribution in [3.8, 4) is 0 Å². The molecule has 1 fully saturated rings. The SMILES string of the molecule is CSCC[C@H](N)C(=O)NC1CCN(C(=O)c2ccccc2F)CC1.Cl. The summed E-state index contributed by atoms with van der Waals surface area (Å²) in [6.45, 7) is 0.996. The zero-order chi connectivity index (χ0) is 17.5. The average molecular weight is 390 g/mol. The van der Waals surface area contributed by atoms with E-state index in [1.54, 1.807) is 28.8 Å². The summed E-state index contributed by atoms with van der Waals surface area (Å²) in [5.41, 5.74) is 5.95. The Bertz CT molecular complexity index is 583. The topological polar surface area (TPSA) is 75.4 Å². The Balaban J connectivity index is 0.00000312. The van der Waals surface area contributed by atoms with Crippen LogP contribution in [-0.4, -0.2) is 53.9 Å². The molecule has 140 valence electrons. The van der Waals surface area contributed by atoms with E-state index in [9.17, 15) is 14.0 Å². The lowest BCUT2D eigenvalue weighted by atomic mass is 10.0. The number of likely N-dealkylation sites (tertiary alicyclic amines) is 1. The number of halogens is 2. The van der Waals surface area contributed by atoms with Crippen molar-refractivity contribution in [3.05, 3.63) is 35.6 Å². The van der Waals surface area contributed by atoms with Gasteiger partial charge in [0.25, 0.3) is 5.91 Å². The molecule has 0 aliphatic carbocycles. The summed E-state index contributed by atoms with van der Waals surface area (Å²) in [7, 11) is 0. The predicted octanol–water partition coefficient (Wildman–Crippen LogP) is 2.05. The second-order valence-corrected chi connectivity index (χ2v) is 6.93. The first-order valence-electron chi connectivity index (χ1n) is 8.11. The molecule has 1 aromatic carbocycles. The molecule has 0 aromatic heterocycles. The van der Waals surface area contributed by atoms with Crippen molar-refractivity contribution in [2.45, 2.75) is 31.3 Å². The van der Waals surface area contributed by atoms with Gasteiger partial charge in [0.15, 0.2) is 0 Å². The fourth-order valence-electron chi connectivity index (χ4n) is 2.72. The highest BCUT2D eigenvalue weighted by Crippen LogP contribution is 2.16. The summed E-state index contributed by atoms with van der Waals surface area (Å²) >= 11 is 1.66. The van der Waals surface area contributed by atoms with Gasteiger partial charge in [-0.3, -0.25) is 9.59 Å². The minimum Gasteiger partial charge on any atom is -0.352 e. The van der Waals surface area contributed by atoms with Gasteiger partial charge in [-0.05, 0) is 43.4 Å². The third-order valence-electron chi connectivity index (χ3n) is 4.20. The minimum absolute atomic E-state index is 0. The zero-order valence-electron chi connectivity index (χ0n) is 14.2. The number of nitrogens with zero attached hydrogens (tertiary/aromatic N) is 1. The number of nitrogens with two attached hydrogens (primary N) is 1. The standard InChI is InChI=1S/C17H24FN3O2S.ClH/c1-24-11-8-15(19)16(22)20-12-6-9-21(10-7-12)17(23)13-4-2-3-5-14(13)18;/h2-5,12,15H,6-11,19H2,1H3,(H,20,22);1H/t15-;/m0./s1. The van der Waals surface area contributed by atoms with Crippen molar-refractivity contribution in [1.29, 1.82) is 0 Å². The Morgan fingerprint density at radius 2 is 2.00 bits per heavy atom. The predicted molar refractivity (Wildman–Crippen MR) is 102 cm³/mol. The molecule has 1 atom stereocenters. The molecule has 1 heterocycles. The van der Waals surface area contributed by atoms with Crippen LogP contribution in [0.15, 0.2) is 24.3 Å². The number of amides is 2. The maximum Gasteiger partial charge on any atom is 0.256 e. The fourth-order valence-corrected chi connectivity index (χ4v) is 3.21. The molecule has 0 unspecified atom stereocenters. The zero-order valence-corrected chi connectivity index (χ0v) is 15.9. The van der Waals surface area contributed by atoms with Crippen molar-refractivity contribution in [3.63, 3.8) is 0 Å². The van der Waals surface area contributed by atoms with Crippen LogP contribution in [0.1, 0.15) is 29.6 Å². The van der Waals surface area contributed by atoms with Gasteiger partial charge in [-0.25, -0.2) is 4.39 Å². The highest BCUT2D eigenvalue weighted by molar-refractivity contribution is 7.98. The molecule has 1 aliphatic heterocycles. The van der Waals surface area contributed by atoms with Gasteiger partial charge in [-0.15, -0.1) is 12.4 Å². The summed E-state index contributed by atoms with van der Waals surface area (Å²) in [5.74, 6) is -0.0837. The van der Waals surface area contributed by atoms with Crippen LogP contribution in [0.3, 0.4) is 0 Å². The Kier molecular flexibility index (Phi) is 9.24. The molecule has 0 saturated carbocycles. The van der Waals surface area contributed by atoms with Crippen LogP contribution in [-0.2, 0) is 4.79 Å². The minimum atomic E-state index is -0.502. The van der Waals surface area contributed by atoms with E-state index in [2.05, 4.69) is 5.32 Å². The quantitative estimate of drug-likeness (QED) is 0.780. The van der Waals surface area contributed by atoms with Gasteiger partial charge < -0.3 is 16.0 Å².